The number of benzene rings is 2. The van der Waals surface area contributed by atoms with Gasteiger partial charge in [0, 0.05) is 5.56 Å². The zero-order valence-electron chi connectivity index (χ0n) is 13.3. The lowest BCUT2D eigenvalue weighted by molar-refractivity contribution is 0.0996. The Kier molecular flexibility index (Phi) is 4.00. The van der Waals surface area contributed by atoms with Crippen LogP contribution in [0, 0.1) is 12.3 Å². The summed E-state index contributed by atoms with van der Waals surface area (Å²) in [5.74, 6) is 3.49. The van der Waals surface area contributed by atoms with E-state index in [1.807, 2.05) is 28.8 Å². The molecule has 0 aliphatic carbocycles. The number of carbonyl (C=O) groups excluding carboxylic acids is 1. The minimum atomic E-state index is -0.339. The minimum absolute atomic E-state index is 0.339. The Balaban J connectivity index is 1.78. The van der Waals surface area contributed by atoms with E-state index in [0.29, 0.717) is 41.6 Å². The molecule has 0 N–H and O–H groups in total. The van der Waals surface area contributed by atoms with Gasteiger partial charge < -0.3 is 14.0 Å². The van der Waals surface area contributed by atoms with Crippen LogP contribution in [0.3, 0.4) is 0 Å². The van der Waals surface area contributed by atoms with Gasteiger partial charge in [-0.3, -0.25) is 4.79 Å². The molecule has 0 atom stereocenters. The minimum Gasteiger partial charge on any atom is -0.486 e. The molecule has 3 aromatic rings. The molecule has 4 rings (SSSR count). The fourth-order valence-corrected chi connectivity index (χ4v) is 3.71. The summed E-state index contributed by atoms with van der Waals surface area (Å²) < 4.78 is 13.9. The monoisotopic (exact) mass is 350 g/mol. The fourth-order valence-electron chi connectivity index (χ4n) is 2.68. The third-order valence-corrected chi connectivity index (χ3v) is 4.88. The van der Waals surface area contributed by atoms with E-state index in [0.717, 1.165) is 10.2 Å². The molecule has 0 saturated heterocycles. The lowest BCUT2D eigenvalue weighted by Gasteiger charge is -2.18. The Labute approximate surface area is 148 Å². The largest absolute Gasteiger partial charge is 0.486 e. The van der Waals surface area contributed by atoms with Gasteiger partial charge in [-0.05, 0) is 30.3 Å². The van der Waals surface area contributed by atoms with E-state index >= 15 is 0 Å². The van der Waals surface area contributed by atoms with Gasteiger partial charge in [-0.25, -0.2) is 0 Å². The molecule has 2 heterocycles. The molecule has 0 fully saturated rings. The van der Waals surface area contributed by atoms with Crippen LogP contribution in [0.25, 0.3) is 10.2 Å². The number of terminal acetylenes is 1. The van der Waals surface area contributed by atoms with Gasteiger partial charge in [0.1, 0.15) is 13.2 Å². The zero-order valence-corrected chi connectivity index (χ0v) is 14.1. The topological polar surface area (TPSA) is 52.8 Å². The first-order valence-electron chi connectivity index (χ1n) is 7.77. The summed E-state index contributed by atoms with van der Waals surface area (Å²) in [7, 11) is 0. The van der Waals surface area contributed by atoms with Gasteiger partial charge in [-0.2, -0.15) is 4.99 Å². The van der Waals surface area contributed by atoms with Crippen LogP contribution in [-0.4, -0.2) is 23.7 Å². The molecule has 0 unspecified atom stereocenters. The number of carbonyl (C=O) groups is 1. The quantitative estimate of drug-likeness (QED) is 0.668. The number of nitrogens with zero attached hydrogens (tertiary/aromatic N) is 2. The number of thiazole rings is 1. The van der Waals surface area contributed by atoms with Gasteiger partial charge in [0.05, 0.1) is 16.8 Å². The maximum absolute atomic E-state index is 12.6. The second-order valence-electron chi connectivity index (χ2n) is 5.42. The molecule has 0 bridgehead atoms. The number of fused-ring (bicyclic) bond motifs is 2. The van der Waals surface area contributed by atoms with Crippen molar-refractivity contribution in [3.63, 3.8) is 0 Å². The number of hydrogen-bond donors (Lipinski definition) is 0. The average molecular weight is 350 g/mol. The van der Waals surface area contributed by atoms with E-state index in [-0.39, 0.29) is 5.91 Å². The smallest absolute Gasteiger partial charge is 0.279 e. The first-order valence-corrected chi connectivity index (χ1v) is 8.58. The standard InChI is InChI=1S/C19H14N2O3S/c1-2-9-21-14-5-3-4-6-17(14)25-19(21)20-18(22)13-7-8-15-16(12-13)24-11-10-23-15/h1,3-8,12H,9-11H2. The maximum Gasteiger partial charge on any atom is 0.279 e. The summed E-state index contributed by atoms with van der Waals surface area (Å²) >= 11 is 1.44. The number of ether oxygens (including phenoxy) is 2. The van der Waals surface area contributed by atoms with Gasteiger partial charge in [-0.15, -0.1) is 6.42 Å². The molecule has 124 valence electrons. The number of rotatable bonds is 2. The molecule has 0 spiro atoms. The highest BCUT2D eigenvalue weighted by molar-refractivity contribution is 7.16. The highest BCUT2D eigenvalue weighted by Crippen LogP contribution is 2.30. The Morgan fingerprint density at radius 3 is 2.84 bits per heavy atom. The summed E-state index contributed by atoms with van der Waals surface area (Å²) in [6.07, 6.45) is 5.47. The SMILES string of the molecule is C#CCn1c(=NC(=O)c2ccc3c(c2)OCCO3)sc2ccccc21. The third-order valence-electron chi connectivity index (χ3n) is 3.82. The van der Waals surface area contributed by atoms with Crippen molar-refractivity contribution < 1.29 is 14.3 Å². The van der Waals surface area contributed by atoms with E-state index in [9.17, 15) is 4.79 Å². The normalized spacial score (nSPS) is 13.6. The highest BCUT2D eigenvalue weighted by Gasteiger charge is 2.15. The maximum atomic E-state index is 12.6. The van der Waals surface area contributed by atoms with E-state index in [4.69, 9.17) is 15.9 Å². The molecular formula is C19H14N2O3S. The summed E-state index contributed by atoms with van der Waals surface area (Å²) in [6, 6.07) is 12.9. The number of aromatic nitrogens is 1. The molecule has 5 nitrogen and oxygen atoms in total. The summed E-state index contributed by atoms with van der Waals surface area (Å²) in [5, 5.41) is 0. The zero-order chi connectivity index (χ0) is 17.2. The molecule has 2 aromatic carbocycles. The number of amides is 1. The van der Waals surface area contributed by atoms with Crippen molar-refractivity contribution in [1.82, 2.24) is 4.57 Å². The van der Waals surface area contributed by atoms with Gasteiger partial charge in [0.15, 0.2) is 16.3 Å². The lowest BCUT2D eigenvalue weighted by atomic mass is 10.2. The van der Waals surface area contributed by atoms with Crippen LogP contribution in [0.5, 0.6) is 11.5 Å². The van der Waals surface area contributed by atoms with Gasteiger partial charge in [0.25, 0.3) is 5.91 Å². The van der Waals surface area contributed by atoms with Crippen molar-refractivity contribution in [2.75, 3.05) is 13.2 Å². The van der Waals surface area contributed by atoms with E-state index in [1.54, 1.807) is 18.2 Å². The lowest BCUT2D eigenvalue weighted by Crippen LogP contribution is -2.17. The number of para-hydroxylation sites is 1. The highest BCUT2D eigenvalue weighted by atomic mass is 32.1. The fraction of sp³-hybridized carbons (Fsp3) is 0.158. The van der Waals surface area contributed by atoms with E-state index in [1.165, 1.54) is 11.3 Å². The second kappa shape index (κ2) is 6.46. The third kappa shape index (κ3) is 2.90. The molecule has 1 amide bonds. The van der Waals surface area contributed by atoms with Crippen molar-refractivity contribution in [3.05, 3.63) is 52.8 Å². The van der Waals surface area contributed by atoms with Crippen molar-refractivity contribution >= 4 is 27.5 Å². The molecule has 0 radical (unpaired) electrons. The molecule has 1 aromatic heterocycles. The first-order chi connectivity index (χ1) is 12.3. The Bertz CT molecular complexity index is 1070. The Morgan fingerprint density at radius 1 is 1.20 bits per heavy atom. The second-order valence-corrected chi connectivity index (χ2v) is 6.43. The van der Waals surface area contributed by atoms with Crippen LogP contribution < -0.4 is 14.3 Å². The molecule has 25 heavy (non-hydrogen) atoms. The predicted molar refractivity (Wildman–Crippen MR) is 96.0 cm³/mol. The van der Waals surface area contributed by atoms with Crippen LogP contribution >= 0.6 is 11.3 Å². The van der Waals surface area contributed by atoms with Crippen LogP contribution in [0.15, 0.2) is 47.5 Å². The summed E-state index contributed by atoms with van der Waals surface area (Å²) in [4.78, 5) is 17.5. The van der Waals surface area contributed by atoms with Crippen molar-refractivity contribution in [1.29, 1.82) is 0 Å². The van der Waals surface area contributed by atoms with Gasteiger partial charge >= 0.3 is 0 Å². The molecule has 6 heteroatoms. The van der Waals surface area contributed by atoms with Gasteiger partial charge in [0.2, 0.25) is 0 Å². The molecule has 1 aliphatic rings. The van der Waals surface area contributed by atoms with Crippen molar-refractivity contribution in [3.8, 4) is 23.8 Å². The molecule has 0 saturated carbocycles. The van der Waals surface area contributed by atoms with E-state index in [2.05, 4.69) is 10.9 Å². The summed E-state index contributed by atoms with van der Waals surface area (Å²) in [5.41, 5.74) is 1.42. The van der Waals surface area contributed by atoms with Crippen LogP contribution in [-0.2, 0) is 6.54 Å². The number of hydrogen-bond acceptors (Lipinski definition) is 4. The van der Waals surface area contributed by atoms with Crippen LogP contribution in [0.4, 0.5) is 0 Å². The molecule has 1 aliphatic heterocycles. The van der Waals surface area contributed by atoms with Crippen molar-refractivity contribution in [2.24, 2.45) is 4.99 Å². The van der Waals surface area contributed by atoms with Crippen molar-refractivity contribution in [2.45, 2.75) is 6.54 Å². The summed E-state index contributed by atoms with van der Waals surface area (Å²) in [6.45, 7) is 1.34. The predicted octanol–water partition coefficient (Wildman–Crippen LogP) is 2.85. The van der Waals surface area contributed by atoms with E-state index < -0.39 is 0 Å². The Morgan fingerprint density at radius 2 is 2.00 bits per heavy atom. The molecular weight excluding hydrogens is 336 g/mol. The Hall–Kier alpha value is -3.04. The van der Waals surface area contributed by atoms with Crippen LogP contribution in [0.1, 0.15) is 10.4 Å². The average Bonchev–Trinajstić information content (AvgIpc) is 2.99. The first kappa shape index (κ1) is 15.5. The van der Waals surface area contributed by atoms with Gasteiger partial charge in [-0.1, -0.05) is 29.4 Å². The van der Waals surface area contributed by atoms with Crippen LogP contribution in [0.2, 0.25) is 0 Å².